The lowest BCUT2D eigenvalue weighted by Gasteiger charge is -2.16. The standard InChI is InChI=1S/C26H24N2O2/c1-16(2)25-22(19-9-4-7-17-6-3-8-18(17)19)14-28(15-24(29)30)26(25)21-10-5-11-23-20(21)12-13-27-23/h3-5,7-14,16,27H,6,15H2,1-2H3,(H,29,30). The Balaban J connectivity index is 1.85. The number of aromatic amines is 1. The molecule has 1 aliphatic carbocycles. The molecule has 2 aromatic heterocycles. The maximum Gasteiger partial charge on any atom is 0.323 e. The maximum atomic E-state index is 11.7. The number of fused-ring (bicyclic) bond motifs is 2. The number of nitrogens with one attached hydrogen (secondary N) is 1. The first-order chi connectivity index (χ1) is 14.5. The molecule has 2 aromatic carbocycles. The van der Waals surface area contributed by atoms with Crippen LogP contribution in [0.3, 0.4) is 0 Å². The van der Waals surface area contributed by atoms with Gasteiger partial charge in [0.2, 0.25) is 0 Å². The third kappa shape index (κ3) is 2.88. The Bertz CT molecular complexity index is 1300. The molecular formula is C26H24N2O2. The van der Waals surface area contributed by atoms with E-state index >= 15 is 0 Å². The molecular weight excluding hydrogens is 372 g/mol. The summed E-state index contributed by atoms with van der Waals surface area (Å²) in [6, 6.07) is 14.7. The monoisotopic (exact) mass is 396 g/mol. The highest BCUT2D eigenvalue weighted by atomic mass is 16.4. The summed E-state index contributed by atoms with van der Waals surface area (Å²) in [7, 11) is 0. The second-order valence-electron chi connectivity index (χ2n) is 8.21. The second kappa shape index (κ2) is 7.06. The summed E-state index contributed by atoms with van der Waals surface area (Å²) < 4.78 is 1.91. The fraction of sp³-hybridized carbons (Fsp3) is 0.192. The number of carbonyl (C=O) groups is 1. The van der Waals surface area contributed by atoms with E-state index < -0.39 is 5.97 Å². The van der Waals surface area contributed by atoms with Crippen molar-refractivity contribution in [2.24, 2.45) is 0 Å². The Hall–Kier alpha value is -3.53. The molecule has 4 aromatic rings. The van der Waals surface area contributed by atoms with Crippen LogP contribution < -0.4 is 0 Å². The van der Waals surface area contributed by atoms with Gasteiger partial charge in [-0.15, -0.1) is 0 Å². The van der Waals surface area contributed by atoms with E-state index in [9.17, 15) is 9.90 Å². The highest BCUT2D eigenvalue weighted by molar-refractivity contribution is 5.97. The van der Waals surface area contributed by atoms with Crippen molar-refractivity contribution in [2.45, 2.75) is 32.7 Å². The van der Waals surface area contributed by atoms with Crippen molar-refractivity contribution in [1.29, 1.82) is 0 Å². The summed E-state index contributed by atoms with van der Waals surface area (Å²) >= 11 is 0. The number of aromatic nitrogens is 2. The molecule has 150 valence electrons. The third-order valence-corrected chi connectivity index (χ3v) is 5.96. The lowest BCUT2D eigenvalue weighted by Crippen LogP contribution is -2.09. The number of rotatable bonds is 5. The SMILES string of the molecule is CC(C)c1c(-c2cccc3c2C=CC3)cn(CC(=O)O)c1-c1cccc2[nH]ccc12. The van der Waals surface area contributed by atoms with E-state index in [1.165, 1.54) is 22.3 Å². The molecule has 0 amide bonds. The van der Waals surface area contributed by atoms with Crippen LogP contribution >= 0.6 is 0 Å². The zero-order chi connectivity index (χ0) is 20.8. The van der Waals surface area contributed by atoms with Gasteiger partial charge in [0.25, 0.3) is 0 Å². The first-order valence-corrected chi connectivity index (χ1v) is 10.3. The van der Waals surface area contributed by atoms with E-state index in [0.29, 0.717) is 0 Å². The molecule has 0 bridgehead atoms. The van der Waals surface area contributed by atoms with Crippen LogP contribution in [0.1, 0.15) is 36.5 Å². The fourth-order valence-electron chi connectivity index (χ4n) is 4.76. The van der Waals surface area contributed by atoms with Crippen molar-refractivity contribution in [1.82, 2.24) is 9.55 Å². The van der Waals surface area contributed by atoms with Crippen LogP contribution in [0.15, 0.2) is 60.9 Å². The molecule has 0 aliphatic heterocycles. The molecule has 0 radical (unpaired) electrons. The number of nitrogens with zero attached hydrogens (tertiary/aromatic N) is 1. The first kappa shape index (κ1) is 18.5. The van der Waals surface area contributed by atoms with Gasteiger partial charge in [0.15, 0.2) is 0 Å². The second-order valence-corrected chi connectivity index (χ2v) is 8.21. The molecule has 0 unspecified atom stereocenters. The van der Waals surface area contributed by atoms with Gasteiger partial charge in [0.1, 0.15) is 6.54 Å². The molecule has 0 atom stereocenters. The largest absolute Gasteiger partial charge is 0.480 e. The highest BCUT2D eigenvalue weighted by Gasteiger charge is 2.25. The number of allylic oxidation sites excluding steroid dienone is 1. The molecule has 2 heterocycles. The molecule has 0 fully saturated rings. The number of carboxylic acids is 1. The molecule has 5 rings (SSSR count). The molecule has 0 saturated heterocycles. The van der Waals surface area contributed by atoms with Gasteiger partial charge in [0, 0.05) is 34.4 Å². The zero-order valence-corrected chi connectivity index (χ0v) is 17.1. The van der Waals surface area contributed by atoms with E-state index in [2.05, 4.69) is 61.3 Å². The van der Waals surface area contributed by atoms with E-state index in [-0.39, 0.29) is 12.5 Å². The summed E-state index contributed by atoms with van der Waals surface area (Å²) in [5.74, 6) is -0.604. The number of hydrogen-bond donors (Lipinski definition) is 2. The summed E-state index contributed by atoms with van der Waals surface area (Å²) in [6.45, 7) is 4.30. The summed E-state index contributed by atoms with van der Waals surface area (Å²) in [5.41, 5.74) is 9.17. The van der Waals surface area contributed by atoms with Gasteiger partial charge in [-0.3, -0.25) is 4.79 Å². The van der Waals surface area contributed by atoms with E-state index in [0.717, 1.165) is 34.1 Å². The number of hydrogen-bond acceptors (Lipinski definition) is 1. The summed E-state index contributed by atoms with van der Waals surface area (Å²) in [5, 5.41) is 10.7. The van der Waals surface area contributed by atoms with Crippen molar-refractivity contribution in [3.63, 3.8) is 0 Å². The van der Waals surface area contributed by atoms with Crippen molar-refractivity contribution in [2.75, 3.05) is 0 Å². The van der Waals surface area contributed by atoms with E-state index in [1.54, 1.807) is 0 Å². The third-order valence-electron chi connectivity index (χ3n) is 5.96. The zero-order valence-electron chi connectivity index (χ0n) is 17.1. The van der Waals surface area contributed by atoms with Gasteiger partial charge in [-0.2, -0.15) is 0 Å². The summed E-state index contributed by atoms with van der Waals surface area (Å²) in [6.07, 6.45) is 9.30. The molecule has 2 N–H and O–H groups in total. The van der Waals surface area contributed by atoms with E-state index in [4.69, 9.17) is 0 Å². The van der Waals surface area contributed by atoms with Crippen LogP contribution in [0.25, 0.3) is 39.4 Å². The van der Waals surface area contributed by atoms with Crippen molar-refractivity contribution in [3.05, 3.63) is 77.6 Å². The lowest BCUT2D eigenvalue weighted by molar-refractivity contribution is -0.137. The fourth-order valence-corrected chi connectivity index (χ4v) is 4.76. The molecule has 4 nitrogen and oxygen atoms in total. The minimum atomic E-state index is -0.840. The predicted octanol–water partition coefficient (Wildman–Crippen LogP) is 6.08. The Morgan fingerprint density at radius 3 is 2.70 bits per heavy atom. The topological polar surface area (TPSA) is 58.0 Å². The van der Waals surface area contributed by atoms with Gasteiger partial charge >= 0.3 is 5.97 Å². The predicted molar refractivity (Wildman–Crippen MR) is 122 cm³/mol. The number of aliphatic carboxylic acids is 1. The normalized spacial score (nSPS) is 12.8. The van der Waals surface area contributed by atoms with Crippen molar-refractivity contribution in [3.8, 4) is 22.4 Å². The van der Waals surface area contributed by atoms with Crippen LogP contribution in [0.5, 0.6) is 0 Å². The van der Waals surface area contributed by atoms with Crippen LogP contribution in [-0.2, 0) is 17.8 Å². The summed E-state index contributed by atoms with van der Waals surface area (Å²) in [4.78, 5) is 15.0. The molecule has 0 saturated carbocycles. The number of benzene rings is 2. The average Bonchev–Trinajstić information content (AvgIpc) is 3.44. The number of H-pyrrole nitrogens is 1. The Morgan fingerprint density at radius 2 is 1.90 bits per heavy atom. The average molecular weight is 396 g/mol. The maximum absolute atomic E-state index is 11.7. The number of carboxylic acid groups (broad SMARTS) is 1. The van der Waals surface area contributed by atoms with Crippen LogP contribution in [0.4, 0.5) is 0 Å². The minimum absolute atomic E-state index is 0.0687. The lowest BCUT2D eigenvalue weighted by atomic mass is 9.89. The Morgan fingerprint density at radius 1 is 1.10 bits per heavy atom. The smallest absolute Gasteiger partial charge is 0.323 e. The molecule has 4 heteroatoms. The quantitative estimate of drug-likeness (QED) is 0.429. The van der Waals surface area contributed by atoms with Crippen molar-refractivity contribution >= 4 is 22.9 Å². The highest BCUT2D eigenvalue weighted by Crippen LogP contribution is 2.43. The minimum Gasteiger partial charge on any atom is -0.480 e. The molecule has 0 spiro atoms. The molecule has 1 aliphatic rings. The van der Waals surface area contributed by atoms with Gasteiger partial charge in [0.05, 0.1) is 5.69 Å². The van der Waals surface area contributed by atoms with Gasteiger partial charge < -0.3 is 14.7 Å². The first-order valence-electron chi connectivity index (χ1n) is 10.3. The van der Waals surface area contributed by atoms with Gasteiger partial charge in [-0.05, 0) is 46.7 Å². The van der Waals surface area contributed by atoms with Crippen LogP contribution in [-0.4, -0.2) is 20.6 Å². The van der Waals surface area contributed by atoms with E-state index in [1.807, 2.05) is 29.1 Å². The Kier molecular flexibility index (Phi) is 4.35. The Labute approximate surface area is 175 Å². The molecule has 30 heavy (non-hydrogen) atoms. The van der Waals surface area contributed by atoms with Crippen LogP contribution in [0, 0.1) is 0 Å². The van der Waals surface area contributed by atoms with Crippen LogP contribution in [0.2, 0.25) is 0 Å². The van der Waals surface area contributed by atoms with Gasteiger partial charge in [-0.1, -0.05) is 56.3 Å². The van der Waals surface area contributed by atoms with Gasteiger partial charge in [-0.25, -0.2) is 0 Å². The van der Waals surface area contributed by atoms with Crippen molar-refractivity contribution < 1.29 is 9.90 Å².